The topological polar surface area (TPSA) is 67.6 Å². The molecule has 0 spiro atoms. The van der Waals surface area contributed by atoms with E-state index < -0.39 is 0 Å². The van der Waals surface area contributed by atoms with Crippen LogP contribution in [0.1, 0.15) is 37.7 Å². The zero-order valence-corrected chi connectivity index (χ0v) is 15.5. The minimum Gasteiger partial charge on any atom is -0.379 e. The monoisotopic (exact) mass is 357 g/mol. The molecule has 2 bridgehead atoms. The summed E-state index contributed by atoms with van der Waals surface area (Å²) in [5, 5.41) is 3.24. The Hall–Kier alpha value is -1.43. The third-order valence-electron chi connectivity index (χ3n) is 6.56. The maximum Gasteiger partial charge on any atom is 0.227 e. The Balaban J connectivity index is 1.41. The summed E-state index contributed by atoms with van der Waals surface area (Å²) < 4.78 is 5.43. The number of carbonyl (C=O) groups is 1. The molecule has 3 N–H and O–H groups in total. The lowest BCUT2D eigenvalue weighted by atomic mass is 9.65. The molecule has 2 aliphatic carbocycles. The molecule has 0 radical (unpaired) electrons. The summed E-state index contributed by atoms with van der Waals surface area (Å²) in [6, 6.07) is 8.51. The molecular formula is C21H31N3O2. The van der Waals surface area contributed by atoms with E-state index >= 15 is 0 Å². The summed E-state index contributed by atoms with van der Waals surface area (Å²) in [6.07, 6.45) is 5.56. The number of amides is 1. The highest BCUT2D eigenvalue weighted by molar-refractivity contribution is 5.93. The van der Waals surface area contributed by atoms with Gasteiger partial charge in [0.2, 0.25) is 5.91 Å². The molecule has 1 heterocycles. The molecule has 1 amide bonds. The summed E-state index contributed by atoms with van der Waals surface area (Å²) in [6.45, 7) is 4.35. The van der Waals surface area contributed by atoms with Crippen LogP contribution in [-0.2, 0) is 16.1 Å². The lowest BCUT2D eigenvalue weighted by molar-refractivity contribution is -0.122. The van der Waals surface area contributed by atoms with Crippen LogP contribution in [0.3, 0.4) is 0 Å². The van der Waals surface area contributed by atoms with Gasteiger partial charge in [-0.3, -0.25) is 9.69 Å². The third kappa shape index (κ3) is 3.95. The molecule has 5 heteroatoms. The number of nitrogens with zero attached hydrogens (tertiary/aromatic N) is 1. The molecule has 3 fully saturated rings. The van der Waals surface area contributed by atoms with Crippen molar-refractivity contribution in [1.82, 2.24) is 4.90 Å². The molecule has 1 aromatic rings. The fourth-order valence-electron chi connectivity index (χ4n) is 5.02. The number of rotatable bonds is 4. The van der Waals surface area contributed by atoms with Crippen molar-refractivity contribution in [3.8, 4) is 0 Å². The molecule has 2 unspecified atom stereocenters. The van der Waals surface area contributed by atoms with Crippen molar-refractivity contribution >= 4 is 11.6 Å². The first-order valence-electron chi connectivity index (χ1n) is 10.1. The molecule has 3 aliphatic rings. The number of carbonyl (C=O) groups excluding carboxylic acids is 1. The Labute approximate surface area is 156 Å². The Bertz CT molecular complexity index is 615. The Morgan fingerprint density at radius 2 is 1.85 bits per heavy atom. The van der Waals surface area contributed by atoms with Crippen LogP contribution < -0.4 is 11.1 Å². The Morgan fingerprint density at radius 1 is 1.15 bits per heavy atom. The van der Waals surface area contributed by atoms with E-state index in [1.54, 1.807) is 0 Å². The van der Waals surface area contributed by atoms with E-state index in [0.717, 1.165) is 51.4 Å². The molecule has 1 aromatic carbocycles. The van der Waals surface area contributed by atoms with E-state index in [1.165, 1.54) is 24.8 Å². The largest absolute Gasteiger partial charge is 0.379 e. The van der Waals surface area contributed by atoms with Gasteiger partial charge >= 0.3 is 0 Å². The fourth-order valence-corrected chi connectivity index (χ4v) is 5.02. The summed E-state index contributed by atoms with van der Waals surface area (Å²) in [5.41, 5.74) is 8.53. The highest BCUT2D eigenvalue weighted by Gasteiger charge is 2.40. The first-order valence-corrected chi connectivity index (χ1v) is 10.1. The minimum absolute atomic E-state index is 0.113. The maximum atomic E-state index is 13.0. The van der Waals surface area contributed by atoms with E-state index in [2.05, 4.69) is 22.3 Å². The second-order valence-corrected chi connectivity index (χ2v) is 8.23. The fraction of sp³-hybridized carbons (Fsp3) is 0.667. The number of nitrogens with one attached hydrogen (secondary N) is 1. The lowest BCUT2D eigenvalue weighted by Gasteiger charge is -2.43. The van der Waals surface area contributed by atoms with Crippen molar-refractivity contribution < 1.29 is 9.53 Å². The molecule has 1 saturated heterocycles. The summed E-state index contributed by atoms with van der Waals surface area (Å²) in [4.78, 5) is 15.4. The zero-order valence-electron chi connectivity index (χ0n) is 15.5. The number of anilines is 1. The number of morpholine rings is 1. The number of hydrogen-bond donors (Lipinski definition) is 2. The van der Waals surface area contributed by atoms with Gasteiger partial charge in [-0.25, -0.2) is 0 Å². The third-order valence-corrected chi connectivity index (χ3v) is 6.56. The van der Waals surface area contributed by atoms with Crippen molar-refractivity contribution in [3.63, 3.8) is 0 Å². The highest BCUT2D eigenvalue weighted by atomic mass is 16.5. The molecule has 2 atom stereocenters. The first-order chi connectivity index (χ1) is 12.7. The second-order valence-electron chi connectivity index (χ2n) is 8.23. The average Bonchev–Trinajstić information content (AvgIpc) is 2.64. The van der Waals surface area contributed by atoms with E-state index in [9.17, 15) is 4.79 Å². The van der Waals surface area contributed by atoms with Gasteiger partial charge in [0.1, 0.15) is 0 Å². The van der Waals surface area contributed by atoms with Gasteiger partial charge in [-0.1, -0.05) is 24.6 Å². The molecule has 26 heavy (non-hydrogen) atoms. The maximum absolute atomic E-state index is 13.0. The van der Waals surface area contributed by atoms with Crippen LogP contribution in [0.5, 0.6) is 0 Å². The average molecular weight is 357 g/mol. The van der Waals surface area contributed by atoms with Gasteiger partial charge in [-0.05, 0) is 49.1 Å². The SMILES string of the molecule is NC1C2CCCC1CC(C(=O)Nc1ccccc1CN1CCOCC1)C2. The number of fused-ring (bicyclic) bond motifs is 2. The molecule has 142 valence electrons. The first kappa shape index (κ1) is 18.0. The molecule has 0 aromatic heterocycles. The number of ether oxygens (including phenoxy) is 1. The standard InChI is InChI=1S/C21H31N3O2/c22-20-15-5-3-6-16(20)13-18(12-15)21(25)23-19-7-2-1-4-17(19)14-24-8-10-26-11-9-24/h1-2,4,7,15-16,18,20H,3,5-6,8-14,22H2,(H,23,25). The van der Waals surface area contributed by atoms with Crippen LogP contribution in [0, 0.1) is 17.8 Å². The van der Waals surface area contributed by atoms with E-state index in [-0.39, 0.29) is 11.8 Å². The predicted octanol–water partition coefficient (Wildman–Crippen LogP) is 2.61. The van der Waals surface area contributed by atoms with Crippen molar-refractivity contribution in [1.29, 1.82) is 0 Å². The van der Waals surface area contributed by atoms with Crippen molar-refractivity contribution in [2.45, 2.75) is 44.7 Å². The van der Waals surface area contributed by atoms with Gasteiger partial charge in [0.25, 0.3) is 0 Å². The summed E-state index contributed by atoms with van der Waals surface area (Å²) >= 11 is 0. The summed E-state index contributed by atoms with van der Waals surface area (Å²) in [7, 11) is 0. The van der Waals surface area contributed by atoms with Crippen LogP contribution in [0.25, 0.3) is 0 Å². The molecule has 2 saturated carbocycles. The number of benzene rings is 1. The zero-order chi connectivity index (χ0) is 17.9. The van der Waals surface area contributed by atoms with E-state index in [1.807, 2.05) is 12.1 Å². The van der Waals surface area contributed by atoms with Crippen LogP contribution in [-0.4, -0.2) is 43.2 Å². The highest BCUT2D eigenvalue weighted by Crippen LogP contribution is 2.42. The molecular weight excluding hydrogens is 326 g/mol. The van der Waals surface area contributed by atoms with Gasteiger partial charge in [0.15, 0.2) is 0 Å². The van der Waals surface area contributed by atoms with Gasteiger partial charge in [0, 0.05) is 37.3 Å². The van der Waals surface area contributed by atoms with E-state index in [0.29, 0.717) is 17.9 Å². The summed E-state index contributed by atoms with van der Waals surface area (Å²) in [5.74, 6) is 1.36. The van der Waals surface area contributed by atoms with Gasteiger partial charge in [0.05, 0.1) is 13.2 Å². The number of hydrogen-bond acceptors (Lipinski definition) is 4. The lowest BCUT2D eigenvalue weighted by Crippen LogP contribution is -2.48. The van der Waals surface area contributed by atoms with Crippen molar-refractivity contribution in [2.75, 3.05) is 31.6 Å². The van der Waals surface area contributed by atoms with Gasteiger partial charge < -0.3 is 15.8 Å². The Kier molecular flexibility index (Phi) is 5.57. The van der Waals surface area contributed by atoms with Crippen LogP contribution in [0.15, 0.2) is 24.3 Å². The van der Waals surface area contributed by atoms with Crippen LogP contribution in [0.4, 0.5) is 5.69 Å². The van der Waals surface area contributed by atoms with Crippen LogP contribution >= 0.6 is 0 Å². The van der Waals surface area contributed by atoms with Crippen LogP contribution in [0.2, 0.25) is 0 Å². The minimum atomic E-state index is 0.113. The Morgan fingerprint density at radius 3 is 2.58 bits per heavy atom. The predicted molar refractivity (Wildman–Crippen MR) is 103 cm³/mol. The normalized spacial score (nSPS) is 32.2. The molecule has 4 rings (SSSR count). The molecule has 5 nitrogen and oxygen atoms in total. The number of nitrogens with two attached hydrogens (primary N) is 1. The van der Waals surface area contributed by atoms with Gasteiger partial charge in [-0.15, -0.1) is 0 Å². The van der Waals surface area contributed by atoms with Crippen molar-refractivity contribution in [3.05, 3.63) is 29.8 Å². The molecule has 1 aliphatic heterocycles. The van der Waals surface area contributed by atoms with E-state index in [4.69, 9.17) is 10.5 Å². The van der Waals surface area contributed by atoms with Crippen molar-refractivity contribution in [2.24, 2.45) is 23.5 Å². The number of para-hydroxylation sites is 1. The quantitative estimate of drug-likeness (QED) is 0.869. The second kappa shape index (κ2) is 8.07. The van der Waals surface area contributed by atoms with Gasteiger partial charge in [-0.2, -0.15) is 0 Å². The smallest absolute Gasteiger partial charge is 0.227 e.